The van der Waals surface area contributed by atoms with Gasteiger partial charge in [-0.3, -0.25) is 9.59 Å². The van der Waals surface area contributed by atoms with Crippen LogP contribution in [0, 0.1) is 0 Å². The average molecular weight is 296 g/mol. The summed E-state index contributed by atoms with van der Waals surface area (Å²) in [5.74, 6) is -0.831. The van der Waals surface area contributed by atoms with E-state index in [1.54, 1.807) is 4.90 Å². The Balaban J connectivity index is 1.99. The maximum absolute atomic E-state index is 12.3. The van der Waals surface area contributed by atoms with Crippen LogP contribution in [0.2, 0.25) is 0 Å². The molecule has 1 unspecified atom stereocenters. The van der Waals surface area contributed by atoms with Gasteiger partial charge >= 0.3 is 5.97 Å². The summed E-state index contributed by atoms with van der Waals surface area (Å²) in [4.78, 5) is 25.4. The second-order valence-corrected chi connectivity index (χ2v) is 5.08. The quantitative estimate of drug-likeness (QED) is 0.884. The highest BCUT2D eigenvalue weighted by atomic mass is 16.6. The minimum atomic E-state index is -0.965. The molecule has 1 amide bonds. The van der Waals surface area contributed by atoms with Crippen molar-refractivity contribution in [2.45, 2.75) is 19.7 Å². The molecule has 112 valence electrons. The summed E-state index contributed by atoms with van der Waals surface area (Å²) in [6.45, 7) is 1.78. The Labute approximate surface area is 128 Å². The van der Waals surface area contributed by atoms with Crippen LogP contribution in [0.4, 0.5) is 11.4 Å². The van der Waals surface area contributed by atoms with Gasteiger partial charge in [0.2, 0.25) is 0 Å². The van der Waals surface area contributed by atoms with Crippen molar-refractivity contribution in [2.75, 3.05) is 10.2 Å². The summed E-state index contributed by atoms with van der Waals surface area (Å²) >= 11 is 0. The molecule has 0 saturated heterocycles. The number of ether oxygens (including phenoxy) is 1. The monoisotopic (exact) mass is 296 g/mol. The molecule has 22 heavy (non-hydrogen) atoms. The molecule has 5 nitrogen and oxygen atoms in total. The number of benzene rings is 2. The molecule has 5 heteroatoms. The van der Waals surface area contributed by atoms with Crippen molar-refractivity contribution in [3.63, 3.8) is 0 Å². The molecule has 0 aliphatic carbocycles. The summed E-state index contributed by atoms with van der Waals surface area (Å²) in [7, 11) is 0. The van der Waals surface area contributed by atoms with Gasteiger partial charge < -0.3 is 15.0 Å². The number of hydrogen-bond donors (Lipinski definition) is 1. The fraction of sp³-hybridized carbons (Fsp3) is 0.176. The zero-order valence-corrected chi connectivity index (χ0v) is 12.2. The highest BCUT2D eigenvalue weighted by molar-refractivity contribution is 6.03. The Bertz CT molecular complexity index is 700. The van der Waals surface area contributed by atoms with Gasteiger partial charge in [0, 0.05) is 13.5 Å². The first-order valence-electron chi connectivity index (χ1n) is 7.03. The minimum absolute atomic E-state index is 0.343. The van der Waals surface area contributed by atoms with Crippen molar-refractivity contribution in [3.05, 3.63) is 60.2 Å². The second kappa shape index (κ2) is 5.89. The lowest BCUT2D eigenvalue weighted by Crippen LogP contribution is -2.50. The Morgan fingerprint density at radius 1 is 1.14 bits per heavy atom. The Morgan fingerprint density at radius 3 is 2.55 bits per heavy atom. The lowest BCUT2D eigenvalue weighted by molar-refractivity contribution is -0.152. The SMILES string of the molecule is CC(=O)OC1C(=O)Nc2ccccc2N1Cc1ccccc1. The van der Waals surface area contributed by atoms with Crippen molar-refractivity contribution in [2.24, 2.45) is 0 Å². The van der Waals surface area contributed by atoms with Gasteiger partial charge in [-0.1, -0.05) is 42.5 Å². The summed E-state index contributed by atoms with van der Waals surface area (Å²) in [5.41, 5.74) is 2.58. The normalized spacial score (nSPS) is 16.7. The van der Waals surface area contributed by atoms with E-state index in [9.17, 15) is 9.59 Å². The van der Waals surface area contributed by atoms with Crippen molar-refractivity contribution in [1.29, 1.82) is 0 Å². The summed E-state index contributed by atoms with van der Waals surface area (Å²) in [6.07, 6.45) is -0.965. The van der Waals surface area contributed by atoms with E-state index < -0.39 is 12.2 Å². The molecule has 0 spiro atoms. The van der Waals surface area contributed by atoms with E-state index in [2.05, 4.69) is 5.32 Å². The largest absolute Gasteiger partial charge is 0.432 e. The summed E-state index contributed by atoms with van der Waals surface area (Å²) in [6, 6.07) is 17.2. The molecule has 2 aromatic carbocycles. The van der Waals surface area contributed by atoms with Crippen LogP contribution >= 0.6 is 0 Å². The van der Waals surface area contributed by atoms with Crippen LogP contribution in [0.5, 0.6) is 0 Å². The number of hydrogen-bond acceptors (Lipinski definition) is 4. The third-order valence-electron chi connectivity index (χ3n) is 3.45. The molecule has 1 N–H and O–H groups in total. The molecule has 0 radical (unpaired) electrons. The number of para-hydroxylation sites is 2. The first kappa shape index (κ1) is 14.1. The lowest BCUT2D eigenvalue weighted by atomic mass is 10.1. The van der Waals surface area contributed by atoms with Gasteiger partial charge in [0.05, 0.1) is 11.4 Å². The van der Waals surface area contributed by atoms with Gasteiger partial charge in [0.15, 0.2) is 0 Å². The predicted molar refractivity (Wildman–Crippen MR) is 83.3 cm³/mol. The second-order valence-electron chi connectivity index (χ2n) is 5.08. The standard InChI is InChI=1S/C17H16N2O3/c1-12(20)22-17-16(21)18-14-9-5-6-10-15(14)19(17)11-13-7-3-2-4-8-13/h2-10,17H,11H2,1H3,(H,18,21). The van der Waals surface area contributed by atoms with Crippen LogP contribution in [-0.4, -0.2) is 18.1 Å². The molecule has 3 rings (SSSR count). The van der Waals surface area contributed by atoms with Gasteiger partial charge in [0.25, 0.3) is 12.1 Å². The zero-order valence-electron chi connectivity index (χ0n) is 12.2. The van der Waals surface area contributed by atoms with E-state index in [0.29, 0.717) is 12.2 Å². The highest BCUT2D eigenvalue weighted by Gasteiger charge is 2.35. The lowest BCUT2D eigenvalue weighted by Gasteiger charge is -2.37. The molecular weight excluding hydrogens is 280 g/mol. The van der Waals surface area contributed by atoms with Crippen LogP contribution in [0.3, 0.4) is 0 Å². The van der Waals surface area contributed by atoms with E-state index in [-0.39, 0.29) is 5.91 Å². The van der Waals surface area contributed by atoms with Gasteiger partial charge in [-0.25, -0.2) is 0 Å². The molecule has 0 saturated carbocycles. The number of carbonyl (C=O) groups is 2. The number of fused-ring (bicyclic) bond motifs is 1. The predicted octanol–water partition coefficient (Wildman–Crippen LogP) is 2.53. The van der Waals surface area contributed by atoms with Crippen LogP contribution < -0.4 is 10.2 Å². The first-order valence-corrected chi connectivity index (χ1v) is 7.03. The third kappa shape index (κ3) is 2.79. The van der Waals surface area contributed by atoms with Crippen molar-refractivity contribution in [3.8, 4) is 0 Å². The van der Waals surface area contributed by atoms with Crippen molar-refractivity contribution in [1.82, 2.24) is 0 Å². The Morgan fingerprint density at radius 2 is 1.82 bits per heavy atom. The summed E-state index contributed by atoms with van der Waals surface area (Å²) in [5, 5.41) is 2.77. The van der Waals surface area contributed by atoms with Crippen LogP contribution in [-0.2, 0) is 20.9 Å². The number of amides is 1. The smallest absolute Gasteiger partial charge is 0.304 e. The molecule has 0 aromatic heterocycles. The average Bonchev–Trinajstić information content (AvgIpc) is 2.51. The molecule has 1 aliphatic heterocycles. The number of nitrogens with zero attached hydrogens (tertiary/aromatic N) is 1. The fourth-order valence-corrected chi connectivity index (χ4v) is 2.51. The molecule has 0 bridgehead atoms. The molecular formula is C17H16N2O3. The topological polar surface area (TPSA) is 58.6 Å². The molecule has 1 aliphatic rings. The fourth-order valence-electron chi connectivity index (χ4n) is 2.51. The Hall–Kier alpha value is -2.82. The number of anilines is 2. The number of esters is 1. The maximum atomic E-state index is 12.3. The van der Waals surface area contributed by atoms with E-state index in [1.807, 2.05) is 54.6 Å². The zero-order chi connectivity index (χ0) is 15.5. The van der Waals surface area contributed by atoms with Crippen LogP contribution in [0.15, 0.2) is 54.6 Å². The third-order valence-corrected chi connectivity index (χ3v) is 3.45. The Kier molecular flexibility index (Phi) is 3.78. The minimum Gasteiger partial charge on any atom is -0.432 e. The van der Waals surface area contributed by atoms with Gasteiger partial charge in [-0.2, -0.15) is 0 Å². The van der Waals surface area contributed by atoms with Gasteiger partial charge in [-0.15, -0.1) is 0 Å². The molecule has 1 heterocycles. The van der Waals surface area contributed by atoms with E-state index >= 15 is 0 Å². The molecule has 2 aromatic rings. The van der Waals surface area contributed by atoms with Crippen LogP contribution in [0.25, 0.3) is 0 Å². The number of carbonyl (C=O) groups excluding carboxylic acids is 2. The first-order chi connectivity index (χ1) is 10.6. The van der Waals surface area contributed by atoms with E-state index in [1.165, 1.54) is 6.92 Å². The molecule has 1 atom stereocenters. The van der Waals surface area contributed by atoms with E-state index in [0.717, 1.165) is 11.3 Å². The van der Waals surface area contributed by atoms with Crippen molar-refractivity contribution >= 4 is 23.3 Å². The summed E-state index contributed by atoms with van der Waals surface area (Å²) < 4.78 is 5.22. The molecule has 0 fully saturated rings. The van der Waals surface area contributed by atoms with Gasteiger partial charge in [0.1, 0.15) is 0 Å². The van der Waals surface area contributed by atoms with E-state index in [4.69, 9.17) is 4.74 Å². The number of rotatable bonds is 3. The highest BCUT2D eigenvalue weighted by Crippen LogP contribution is 2.33. The van der Waals surface area contributed by atoms with Gasteiger partial charge in [-0.05, 0) is 17.7 Å². The van der Waals surface area contributed by atoms with Crippen LogP contribution in [0.1, 0.15) is 12.5 Å². The number of nitrogens with one attached hydrogen (secondary N) is 1. The van der Waals surface area contributed by atoms with Crippen molar-refractivity contribution < 1.29 is 14.3 Å². The maximum Gasteiger partial charge on any atom is 0.304 e.